The van der Waals surface area contributed by atoms with Crippen LogP contribution in [0.3, 0.4) is 0 Å². The van der Waals surface area contributed by atoms with Gasteiger partial charge in [0.2, 0.25) is 0 Å². The molecular formula is C20H12N2O4. The Morgan fingerprint density at radius 1 is 0.615 bits per heavy atom. The molecule has 6 heteroatoms. The predicted octanol–water partition coefficient (Wildman–Crippen LogP) is 3.35. The monoisotopic (exact) mass is 344 g/mol. The minimum Gasteiger partial charge on any atom is -0.423 e. The number of nitrogens with zero attached hydrogens (tertiary/aromatic N) is 2. The van der Waals surface area contributed by atoms with Crippen LogP contribution in [0.2, 0.25) is 0 Å². The maximum Gasteiger partial charge on any atom is 0.336 e. The van der Waals surface area contributed by atoms with Crippen molar-refractivity contribution < 1.29 is 8.83 Å². The minimum absolute atomic E-state index is 0.396. The van der Waals surface area contributed by atoms with Gasteiger partial charge in [-0.1, -0.05) is 24.3 Å². The lowest BCUT2D eigenvalue weighted by molar-refractivity contribution is 0.560. The minimum atomic E-state index is -0.396. The summed E-state index contributed by atoms with van der Waals surface area (Å²) in [5.41, 5.74) is 1.71. The summed E-state index contributed by atoms with van der Waals surface area (Å²) in [7, 11) is 0. The fraction of sp³-hybridized carbons (Fsp3) is 0. The molecule has 2 aromatic carbocycles. The van der Waals surface area contributed by atoms with Gasteiger partial charge in [0, 0.05) is 22.9 Å². The van der Waals surface area contributed by atoms with Crippen molar-refractivity contribution in [3.05, 3.63) is 92.6 Å². The molecule has 0 bridgehead atoms. The molecule has 0 aliphatic carbocycles. The maximum absolute atomic E-state index is 11.3. The third-order valence-electron chi connectivity index (χ3n) is 3.77. The van der Waals surface area contributed by atoms with E-state index < -0.39 is 11.3 Å². The van der Waals surface area contributed by atoms with E-state index in [1.165, 1.54) is 12.1 Å². The highest BCUT2D eigenvalue weighted by Gasteiger charge is 1.99. The van der Waals surface area contributed by atoms with Gasteiger partial charge in [0.05, 0.1) is 12.4 Å². The van der Waals surface area contributed by atoms with E-state index in [9.17, 15) is 9.59 Å². The van der Waals surface area contributed by atoms with Crippen LogP contribution in [0.1, 0.15) is 11.1 Å². The Morgan fingerprint density at radius 2 is 1.04 bits per heavy atom. The van der Waals surface area contributed by atoms with Gasteiger partial charge in [-0.2, -0.15) is 10.2 Å². The van der Waals surface area contributed by atoms with E-state index >= 15 is 0 Å². The van der Waals surface area contributed by atoms with E-state index in [-0.39, 0.29) is 0 Å². The Bertz CT molecular complexity index is 1180. The zero-order valence-corrected chi connectivity index (χ0v) is 13.5. The molecule has 0 saturated heterocycles. The Balaban J connectivity index is 1.56. The molecule has 2 aromatic heterocycles. The Labute approximate surface area is 146 Å². The molecule has 0 aliphatic heterocycles. The number of benzene rings is 2. The van der Waals surface area contributed by atoms with Crippen molar-refractivity contribution in [2.45, 2.75) is 0 Å². The van der Waals surface area contributed by atoms with E-state index in [1.54, 1.807) is 36.7 Å². The van der Waals surface area contributed by atoms with Crippen molar-refractivity contribution in [3.63, 3.8) is 0 Å². The van der Waals surface area contributed by atoms with Crippen LogP contribution < -0.4 is 11.3 Å². The molecule has 0 aliphatic rings. The topological polar surface area (TPSA) is 85.1 Å². The molecule has 0 unspecified atom stereocenters. The summed E-state index contributed by atoms with van der Waals surface area (Å²) in [6.07, 6.45) is 3.12. The molecule has 0 fully saturated rings. The van der Waals surface area contributed by atoms with Gasteiger partial charge in [-0.25, -0.2) is 9.59 Å². The lowest BCUT2D eigenvalue weighted by Gasteiger charge is -1.97. The van der Waals surface area contributed by atoms with Gasteiger partial charge in [-0.05, 0) is 35.4 Å². The van der Waals surface area contributed by atoms with E-state index in [0.29, 0.717) is 11.2 Å². The number of hydrogen-bond donors (Lipinski definition) is 0. The van der Waals surface area contributed by atoms with Crippen molar-refractivity contribution in [2.75, 3.05) is 0 Å². The molecule has 0 spiro atoms. The molecule has 2 heterocycles. The molecule has 0 N–H and O–H groups in total. The molecule has 0 radical (unpaired) electrons. The van der Waals surface area contributed by atoms with Crippen molar-refractivity contribution in [3.8, 4) is 0 Å². The van der Waals surface area contributed by atoms with Gasteiger partial charge >= 0.3 is 11.3 Å². The predicted molar refractivity (Wildman–Crippen MR) is 100 cm³/mol. The van der Waals surface area contributed by atoms with E-state index in [1.807, 2.05) is 24.3 Å². The summed E-state index contributed by atoms with van der Waals surface area (Å²) in [6, 6.07) is 17.0. The molecule has 4 aromatic rings. The first-order valence-corrected chi connectivity index (χ1v) is 7.82. The highest BCUT2D eigenvalue weighted by molar-refractivity contribution is 5.89. The zero-order valence-electron chi connectivity index (χ0n) is 13.5. The van der Waals surface area contributed by atoms with Crippen molar-refractivity contribution in [1.29, 1.82) is 0 Å². The van der Waals surface area contributed by atoms with Gasteiger partial charge in [0.15, 0.2) is 0 Å². The molecular weight excluding hydrogens is 332 g/mol. The van der Waals surface area contributed by atoms with Crippen LogP contribution in [0.15, 0.2) is 89.3 Å². The van der Waals surface area contributed by atoms with Crippen LogP contribution in [0, 0.1) is 0 Å². The van der Waals surface area contributed by atoms with Crippen LogP contribution in [-0.4, -0.2) is 12.4 Å². The van der Waals surface area contributed by atoms with Crippen molar-refractivity contribution in [1.82, 2.24) is 0 Å². The van der Waals surface area contributed by atoms with Crippen LogP contribution in [-0.2, 0) is 0 Å². The summed E-state index contributed by atoms with van der Waals surface area (Å²) in [5.74, 6) is 0. The second-order valence-corrected chi connectivity index (χ2v) is 5.59. The standard InChI is InChI=1S/C20H12N2O4/c23-19-7-5-15-3-1-13(9-17(15)25-19)11-21-22-12-14-2-4-16-6-8-20(24)26-18(16)10-14/h1-12H/b21-11+,22-12+. The van der Waals surface area contributed by atoms with Crippen LogP contribution >= 0.6 is 0 Å². The van der Waals surface area contributed by atoms with Gasteiger partial charge < -0.3 is 8.83 Å². The van der Waals surface area contributed by atoms with E-state index in [2.05, 4.69) is 10.2 Å². The SMILES string of the molecule is O=c1ccc2ccc(/C=N/N=C/c3ccc4ccc(=O)oc4c3)cc2o1. The van der Waals surface area contributed by atoms with E-state index in [0.717, 1.165) is 21.9 Å². The quantitative estimate of drug-likeness (QED) is 0.324. The zero-order chi connectivity index (χ0) is 17.9. The Kier molecular flexibility index (Phi) is 3.99. The van der Waals surface area contributed by atoms with Crippen LogP contribution in [0.4, 0.5) is 0 Å². The second-order valence-electron chi connectivity index (χ2n) is 5.59. The molecule has 6 nitrogen and oxygen atoms in total. The molecule has 26 heavy (non-hydrogen) atoms. The lowest BCUT2D eigenvalue weighted by Crippen LogP contribution is -1.94. The number of rotatable bonds is 3. The summed E-state index contributed by atoms with van der Waals surface area (Å²) in [4.78, 5) is 22.6. The van der Waals surface area contributed by atoms with Crippen molar-refractivity contribution in [2.24, 2.45) is 10.2 Å². The van der Waals surface area contributed by atoms with Gasteiger partial charge in [0.25, 0.3) is 0 Å². The summed E-state index contributed by atoms with van der Waals surface area (Å²) in [6.45, 7) is 0. The molecule has 126 valence electrons. The third kappa shape index (κ3) is 3.34. The highest BCUT2D eigenvalue weighted by atomic mass is 16.4. The normalized spacial score (nSPS) is 11.8. The summed E-state index contributed by atoms with van der Waals surface area (Å²) < 4.78 is 10.3. The van der Waals surface area contributed by atoms with Gasteiger partial charge in [-0.3, -0.25) is 0 Å². The Morgan fingerprint density at radius 3 is 1.50 bits per heavy atom. The fourth-order valence-electron chi connectivity index (χ4n) is 2.52. The van der Waals surface area contributed by atoms with Crippen molar-refractivity contribution >= 4 is 34.4 Å². The lowest BCUT2D eigenvalue weighted by atomic mass is 10.1. The first-order valence-electron chi connectivity index (χ1n) is 7.82. The summed E-state index contributed by atoms with van der Waals surface area (Å²) >= 11 is 0. The molecule has 4 rings (SSSR count). The van der Waals surface area contributed by atoms with Gasteiger partial charge in [0.1, 0.15) is 11.2 Å². The third-order valence-corrected chi connectivity index (χ3v) is 3.77. The average Bonchev–Trinajstić information content (AvgIpc) is 2.64. The first kappa shape index (κ1) is 15.7. The molecule has 0 amide bonds. The average molecular weight is 344 g/mol. The maximum atomic E-state index is 11.3. The fourth-order valence-corrected chi connectivity index (χ4v) is 2.52. The van der Waals surface area contributed by atoms with Crippen LogP contribution in [0.25, 0.3) is 21.9 Å². The Hall–Kier alpha value is -3.80. The highest BCUT2D eigenvalue weighted by Crippen LogP contribution is 2.14. The largest absolute Gasteiger partial charge is 0.423 e. The smallest absolute Gasteiger partial charge is 0.336 e. The molecule has 0 saturated carbocycles. The first-order chi connectivity index (χ1) is 12.7. The van der Waals surface area contributed by atoms with Gasteiger partial charge in [-0.15, -0.1) is 0 Å². The van der Waals surface area contributed by atoms with E-state index in [4.69, 9.17) is 8.83 Å². The van der Waals surface area contributed by atoms with Crippen LogP contribution in [0.5, 0.6) is 0 Å². The number of hydrogen-bond acceptors (Lipinski definition) is 6. The molecule has 0 atom stereocenters. The second kappa shape index (κ2) is 6.60. The summed E-state index contributed by atoms with van der Waals surface area (Å²) in [5, 5.41) is 9.66. The number of fused-ring (bicyclic) bond motifs is 2.